The zero-order valence-electron chi connectivity index (χ0n) is 27.6. The number of amides is 2. The number of aromatic nitrogens is 3. The molecule has 2 unspecified atom stereocenters. The lowest BCUT2D eigenvalue weighted by atomic mass is 9.86. The molecule has 4 aliphatic heterocycles. The summed E-state index contributed by atoms with van der Waals surface area (Å²) in [5.74, 6) is -1.97. The normalized spacial score (nSPS) is 29.4. The number of Topliss-reactive ketones (excluding diaryl/α,β-unsaturated/α-hetero) is 1. The third-order valence-electron chi connectivity index (χ3n) is 9.59. The Hall–Kier alpha value is -3.13. The number of ketones is 1. The molecule has 7 atom stereocenters. The van der Waals surface area contributed by atoms with Gasteiger partial charge in [-0.1, -0.05) is 57.1 Å². The lowest BCUT2D eigenvalue weighted by molar-refractivity contribution is -0.167. The van der Waals surface area contributed by atoms with Crippen LogP contribution in [0.15, 0.2) is 42.7 Å². The van der Waals surface area contributed by atoms with E-state index in [0.717, 1.165) is 4.90 Å². The first-order valence-electron chi connectivity index (χ1n) is 16.0. The molecule has 15 nitrogen and oxygen atoms in total. The molecule has 270 valence electrons. The molecule has 4 aliphatic rings. The van der Waals surface area contributed by atoms with E-state index < -0.39 is 66.6 Å². The van der Waals surface area contributed by atoms with Gasteiger partial charge in [-0.3, -0.25) is 19.1 Å². The number of esters is 2. The minimum Gasteiger partial charge on any atom is -0.463 e. The second-order valence-electron chi connectivity index (χ2n) is 13.2. The Morgan fingerprint density at radius 2 is 1.66 bits per heavy atom. The maximum atomic E-state index is 13.3. The van der Waals surface area contributed by atoms with E-state index in [4.69, 9.17) is 15.2 Å². The van der Waals surface area contributed by atoms with Crippen molar-refractivity contribution in [3.63, 3.8) is 0 Å². The van der Waals surface area contributed by atoms with Crippen LogP contribution in [0.1, 0.15) is 45.2 Å². The average Bonchev–Trinajstić information content (AvgIpc) is 3.71. The highest BCUT2D eigenvalue weighted by Gasteiger charge is 2.70. The maximum absolute atomic E-state index is 13.3. The van der Waals surface area contributed by atoms with E-state index in [1.54, 1.807) is 24.3 Å². The summed E-state index contributed by atoms with van der Waals surface area (Å²) in [6.45, 7) is 5.10. The Morgan fingerprint density at radius 1 is 1.02 bits per heavy atom. The fourth-order valence-corrected chi connectivity index (χ4v) is 12.7. The molecule has 2 amide bonds. The molecule has 1 aromatic heterocycles. The number of nitrogens with zero attached hydrogens (tertiary/aromatic N) is 5. The number of β-lactam (4-membered cyclic amide) rings is 2. The molecule has 0 spiro atoms. The van der Waals surface area contributed by atoms with E-state index in [2.05, 4.69) is 10.3 Å². The van der Waals surface area contributed by atoms with Crippen molar-refractivity contribution in [2.45, 2.75) is 78.5 Å². The van der Waals surface area contributed by atoms with Crippen molar-refractivity contribution in [3.05, 3.63) is 48.3 Å². The summed E-state index contributed by atoms with van der Waals surface area (Å²) >= 11 is 1.48. The number of fused-ring (bicyclic) bond motifs is 2. The number of benzene rings is 1. The molecule has 2 aromatic rings. The standard InChI is InChI=1S/C31H38N6O9S4/c1-30(2)24(37-26(40)19(27(37)49-30)15-20(38)23(32)18-7-5-4-6-8-18)28(41)45-11-13-47-48-14-12-46-29(42)25-31(3,17-35-10-9-33-34-35)50(43,44)22-16-21(39)36(22)25/h4-10,19,22-25,27H,11-17,32H2,1-3H3/t19-,22+,23?,24?,25-,27-,31+/m1/s1. The number of sulfone groups is 1. The number of thioether (sulfide) groups is 1. The van der Waals surface area contributed by atoms with E-state index in [0.29, 0.717) is 17.1 Å². The summed E-state index contributed by atoms with van der Waals surface area (Å²) in [6, 6.07) is 6.08. The van der Waals surface area contributed by atoms with Crippen LogP contribution in [0.3, 0.4) is 0 Å². The first kappa shape index (κ1) is 36.7. The Morgan fingerprint density at radius 3 is 2.26 bits per heavy atom. The number of hydrogen-bond acceptors (Lipinski definition) is 15. The molecule has 50 heavy (non-hydrogen) atoms. The minimum absolute atomic E-state index is 0.00302. The predicted octanol–water partition coefficient (Wildman–Crippen LogP) is 1.20. The monoisotopic (exact) mass is 766 g/mol. The van der Waals surface area contributed by atoms with Gasteiger partial charge >= 0.3 is 11.9 Å². The second kappa shape index (κ2) is 14.1. The molecular weight excluding hydrogens is 729 g/mol. The number of ether oxygens (including phenoxy) is 2. The highest BCUT2D eigenvalue weighted by atomic mass is 33.1. The largest absolute Gasteiger partial charge is 0.463 e. The van der Waals surface area contributed by atoms with E-state index in [-0.39, 0.29) is 49.7 Å². The van der Waals surface area contributed by atoms with Crippen LogP contribution in [-0.4, -0.2) is 120 Å². The SMILES string of the molecule is CC1(C)S[C@@H]2[C@H](CC(=O)C(N)c3ccccc3)C(=O)N2C1C(=O)OCCSSCCOC(=O)[C@H]1N2C(=O)C[C@@H]2S(=O)(=O)[C@@]1(C)Cn1ccnn1. The summed E-state index contributed by atoms with van der Waals surface area (Å²) in [5.41, 5.74) is 6.85. The quantitative estimate of drug-likeness (QED) is 0.117. The molecular formula is C31H38N6O9S4. The van der Waals surface area contributed by atoms with Gasteiger partial charge in [0.15, 0.2) is 21.7 Å². The van der Waals surface area contributed by atoms with Crippen molar-refractivity contribution >= 4 is 72.7 Å². The number of carbonyl (C=O) groups excluding carboxylic acids is 5. The van der Waals surface area contributed by atoms with Gasteiger partial charge in [0.2, 0.25) is 11.8 Å². The number of carbonyl (C=O) groups is 5. The number of rotatable bonds is 15. The average molecular weight is 767 g/mol. The molecule has 0 bridgehead atoms. The molecule has 4 fully saturated rings. The first-order valence-corrected chi connectivity index (χ1v) is 20.9. The highest BCUT2D eigenvalue weighted by Crippen LogP contribution is 2.54. The number of nitrogens with two attached hydrogens (primary N) is 1. The van der Waals surface area contributed by atoms with E-state index in [1.165, 1.54) is 62.2 Å². The Bertz CT molecular complexity index is 1760. The zero-order valence-corrected chi connectivity index (χ0v) is 30.8. The lowest BCUT2D eigenvalue weighted by Gasteiger charge is -2.44. The van der Waals surface area contributed by atoms with Crippen molar-refractivity contribution in [2.24, 2.45) is 11.7 Å². The van der Waals surface area contributed by atoms with Crippen molar-refractivity contribution < 1.29 is 41.9 Å². The van der Waals surface area contributed by atoms with Crippen LogP contribution in [0.4, 0.5) is 0 Å². The van der Waals surface area contributed by atoms with Gasteiger partial charge < -0.3 is 25.0 Å². The third-order valence-corrected chi connectivity index (χ3v) is 16.3. The van der Waals surface area contributed by atoms with Gasteiger partial charge in [0, 0.05) is 28.9 Å². The molecule has 5 heterocycles. The van der Waals surface area contributed by atoms with Crippen molar-refractivity contribution in [3.8, 4) is 0 Å². The first-order chi connectivity index (χ1) is 23.7. The molecule has 0 saturated carbocycles. The van der Waals surface area contributed by atoms with Crippen LogP contribution in [0.5, 0.6) is 0 Å². The van der Waals surface area contributed by atoms with E-state index in [9.17, 15) is 32.4 Å². The summed E-state index contributed by atoms with van der Waals surface area (Å²) in [5, 5.41) is 6.16. The van der Waals surface area contributed by atoms with Gasteiger partial charge in [0.25, 0.3) is 0 Å². The van der Waals surface area contributed by atoms with Crippen LogP contribution in [0, 0.1) is 5.92 Å². The Balaban J connectivity index is 0.924. The fourth-order valence-electron chi connectivity index (χ4n) is 6.99. The van der Waals surface area contributed by atoms with Crippen LogP contribution in [0.2, 0.25) is 0 Å². The summed E-state index contributed by atoms with van der Waals surface area (Å²) in [7, 11) is -1.13. The molecule has 0 aliphatic carbocycles. The van der Waals surface area contributed by atoms with E-state index >= 15 is 0 Å². The van der Waals surface area contributed by atoms with Gasteiger partial charge in [0.1, 0.15) is 29.4 Å². The highest BCUT2D eigenvalue weighted by molar-refractivity contribution is 8.76. The summed E-state index contributed by atoms with van der Waals surface area (Å²) in [4.78, 5) is 67.4. The van der Waals surface area contributed by atoms with Gasteiger partial charge in [-0.25, -0.2) is 18.0 Å². The van der Waals surface area contributed by atoms with Crippen LogP contribution >= 0.6 is 33.3 Å². The molecule has 6 rings (SSSR count). The zero-order chi connectivity index (χ0) is 36.0. The van der Waals surface area contributed by atoms with Gasteiger partial charge in [-0.15, -0.1) is 16.9 Å². The topological polar surface area (TPSA) is 201 Å². The second-order valence-corrected chi connectivity index (χ2v) is 20.3. The van der Waals surface area contributed by atoms with Crippen molar-refractivity contribution in [1.29, 1.82) is 0 Å². The smallest absolute Gasteiger partial charge is 0.330 e. The molecule has 4 saturated heterocycles. The van der Waals surface area contributed by atoms with Gasteiger partial charge in [0.05, 0.1) is 36.5 Å². The minimum atomic E-state index is -3.90. The van der Waals surface area contributed by atoms with Gasteiger partial charge in [-0.2, -0.15) is 0 Å². The Labute approximate surface area is 301 Å². The summed E-state index contributed by atoms with van der Waals surface area (Å²) < 4.78 is 36.7. The van der Waals surface area contributed by atoms with Gasteiger partial charge in [-0.05, 0) is 26.3 Å². The predicted molar refractivity (Wildman–Crippen MR) is 186 cm³/mol. The van der Waals surface area contributed by atoms with E-state index in [1.807, 2.05) is 19.9 Å². The van der Waals surface area contributed by atoms with Crippen LogP contribution in [0.25, 0.3) is 0 Å². The van der Waals surface area contributed by atoms with Crippen molar-refractivity contribution in [2.75, 3.05) is 24.7 Å². The van der Waals surface area contributed by atoms with Crippen molar-refractivity contribution in [1.82, 2.24) is 24.8 Å². The number of hydrogen-bond donors (Lipinski definition) is 1. The van der Waals surface area contributed by atoms with Crippen LogP contribution < -0.4 is 5.73 Å². The molecule has 2 N–H and O–H groups in total. The summed E-state index contributed by atoms with van der Waals surface area (Å²) in [6.07, 6.45) is 2.72. The molecule has 19 heteroatoms. The third kappa shape index (κ3) is 6.43. The fraction of sp³-hybridized carbons (Fsp3) is 0.581. The molecule has 1 aromatic carbocycles. The van der Waals surface area contributed by atoms with Crippen LogP contribution in [-0.2, 0) is 49.8 Å². The lowest BCUT2D eigenvalue weighted by Crippen LogP contribution is -2.63. The molecule has 0 radical (unpaired) electrons. The Kier molecular flexibility index (Phi) is 10.4. The maximum Gasteiger partial charge on any atom is 0.330 e.